The molecule has 2 fully saturated rings. The molecule has 1 saturated carbocycles. The van der Waals surface area contributed by atoms with Gasteiger partial charge in [0.2, 0.25) is 5.91 Å². The molecule has 38 heavy (non-hydrogen) atoms. The minimum atomic E-state index is -0.945. The van der Waals surface area contributed by atoms with Crippen LogP contribution in [0.1, 0.15) is 45.1 Å². The first-order valence-electron chi connectivity index (χ1n) is 12.9. The molecule has 0 unspecified atom stereocenters. The second-order valence-corrected chi connectivity index (χ2v) is 10.6. The predicted octanol–water partition coefficient (Wildman–Crippen LogP) is 1.43. The number of amides is 3. The first-order valence-corrected chi connectivity index (χ1v) is 12.9. The van der Waals surface area contributed by atoms with E-state index >= 15 is 0 Å². The second kappa shape index (κ2) is 12.7. The Morgan fingerprint density at radius 1 is 1.00 bits per heavy atom. The Bertz CT molecular complexity index is 1150. The number of carbonyl (C=O) groups excluding carboxylic acids is 2. The fraction of sp³-hybridized carbons (Fsp3) is 0.538. The molecule has 1 aliphatic carbocycles. The number of nitrogens with zero attached hydrogens (tertiary/aromatic N) is 4. The van der Waals surface area contributed by atoms with Crippen LogP contribution in [0.2, 0.25) is 0 Å². The highest BCUT2D eigenvalue weighted by Crippen LogP contribution is 2.18. The number of aromatic nitrogens is 2. The summed E-state index contributed by atoms with van der Waals surface area (Å²) in [5.41, 5.74) is 12.3. The van der Waals surface area contributed by atoms with E-state index < -0.39 is 11.2 Å². The fourth-order valence-corrected chi connectivity index (χ4v) is 4.74. The van der Waals surface area contributed by atoms with Gasteiger partial charge in [0.25, 0.3) is 0 Å². The molecule has 2 aliphatic rings. The van der Waals surface area contributed by atoms with Crippen molar-refractivity contribution in [2.75, 3.05) is 31.5 Å². The van der Waals surface area contributed by atoms with E-state index in [9.17, 15) is 14.4 Å². The van der Waals surface area contributed by atoms with Gasteiger partial charge < -0.3 is 26.6 Å². The summed E-state index contributed by atoms with van der Waals surface area (Å²) in [7, 11) is 0. The molecule has 0 atom stereocenters. The van der Waals surface area contributed by atoms with Gasteiger partial charge in [0.05, 0.1) is 11.2 Å². The third-order valence-electron chi connectivity index (χ3n) is 7.03. The van der Waals surface area contributed by atoms with E-state index in [-0.39, 0.29) is 30.2 Å². The molecular weight excluding hydrogens is 508 g/mol. The van der Waals surface area contributed by atoms with Crippen LogP contribution >= 0.6 is 12.4 Å². The van der Waals surface area contributed by atoms with Crippen LogP contribution in [-0.4, -0.2) is 75.1 Å². The van der Waals surface area contributed by atoms with Crippen molar-refractivity contribution < 1.29 is 9.59 Å². The van der Waals surface area contributed by atoms with E-state index in [1.54, 1.807) is 35.9 Å². The molecule has 0 spiro atoms. The minimum Gasteiger partial charge on any atom is -0.338 e. The van der Waals surface area contributed by atoms with E-state index in [1.807, 2.05) is 24.3 Å². The van der Waals surface area contributed by atoms with Gasteiger partial charge in [-0.1, -0.05) is 12.1 Å². The van der Waals surface area contributed by atoms with E-state index in [4.69, 9.17) is 11.5 Å². The van der Waals surface area contributed by atoms with Crippen LogP contribution in [0.4, 0.5) is 10.6 Å². The van der Waals surface area contributed by atoms with Crippen LogP contribution in [0, 0.1) is 0 Å². The number of hydrogen-bond acceptors (Lipinski definition) is 7. The molecule has 11 nitrogen and oxygen atoms in total. The summed E-state index contributed by atoms with van der Waals surface area (Å²) in [6.45, 7) is 5.67. The van der Waals surface area contributed by atoms with Crippen LogP contribution in [0.25, 0.3) is 5.69 Å². The van der Waals surface area contributed by atoms with Gasteiger partial charge in [0, 0.05) is 51.0 Å². The normalized spacial score (nSPS) is 20.0. The number of hydrogen-bond donors (Lipinski definition) is 4. The third kappa shape index (κ3) is 7.53. The number of nitrogens with two attached hydrogens (primary N) is 2. The number of nitrogens with one attached hydrogen (secondary N) is 2. The number of rotatable bonds is 6. The Hall–Kier alpha value is -2.99. The highest BCUT2D eigenvalue weighted by molar-refractivity contribution is 5.89. The molecule has 1 saturated heterocycles. The average Bonchev–Trinajstić information content (AvgIpc) is 2.88. The van der Waals surface area contributed by atoms with Crippen molar-refractivity contribution in [2.45, 2.75) is 63.7 Å². The van der Waals surface area contributed by atoms with Crippen molar-refractivity contribution in [3.8, 4) is 5.69 Å². The number of carbonyl (C=O) groups is 2. The molecule has 1 aromatic carbocycles. The highest BCUT2D eigenvalue weighted by Gasteiger charge is 2.31. The third-order valence-corrected chi connectivity index (χ3v) is 7.03. The Morgan fingerprint density at radius 2 is 1.61 bits per heavy atom. The average molecular weight is 547 g/mol. The number of benzene rings is 1. The smallest absolute Gasteiger partial charge is 0.338 e. The standard InChI is InChI=1S/C26H38N8O3.ClH/c1-26(2,28)23(35)32-13-15-33(16-14-32)24(36)30-22-11-12-34(25(37)31-22)21-9-3-18(4-10-21)17-29-20-7-5-19(27)6-8-20;/h3-4,9-12,19-20,29H,5-8,13-17,27-28H2,1-2H3,(H,30,31,36,37);1H/t19-,20-;. The van der Waals surface area contributed by atoms with E-state index in [0.717, 1.165) is 37.8 Å². The van der Waals surface area contributed by atoms with Gasteiger partial charge in [-0.25, -0.2) is 9.59 Å². The lowest BCUT2D eigenvalue weighted by atomic mass is 9.92. The van der Waals surface area contributed by atoms with Gasteiger partial charge in [-0.3, -0.25) is 14.7 Å². The molecule has 6 N–H and O–H groups in total. The summed E-state index contributed by atoms with van der Waals surface area (Å²) >= 11 is 0. The van der Waals surface area contributed by atoms with E-state index in [1.165, 1.54) is 4.57 Å². The Morgan fingerprint density at radius 3 is 2.18 bits per heavy atom. The second-order valence-electron chi connectivity index (χ2n) is 10.6. The van der Waals surface area contributed by atoms with E-state index in [0.29, 0.717) is 44.0 Å². The summed E-state index contributed by atoms with van der Waals surface area (Å²) in [6, 6.07) is 9.83. The molecular formula is C26H39ClN8O3. The lowest BCUT2D eigenvalue weighted by Gasteiger charge is -2.37. The SMILES string of the molecule is CC(C)(N)C(=O)N1CCN(C(=O)Nc2ccn(-c3ccc(CN[C@H]4CC[C@H](N)CC4)cc3)c(=O)n2)CC1.Cl. The Balaban J connectivity index is 0.00000400. The summed E-state index contributed by atoms with van der Waals surface area (Å²) in [4.78, 5) is 44.9. The van der Waals surface area contributed by atoms with Crippen molar-refractivity contribution >= 4 is 30.2 Å². The van der Waals surface area contributed by atoms with Crippen molar-refractivity contribution in [1.82, 2.24) is 24.7 Å². The molecule has 0 radical (unpaired) electrons. The van der Waals surface area contributed by atoms with Gasteiger partial charge >= 0.3 is 11.7 Å². The topological polar surface area (TPSA) is 152 Å². The maximum atomic E-state index is 12.7. The zero-order valence-electron chi connectivity index (χ0n) is 22.1. The number of anilines is 1. The first-order chi connectivity index (χ1) is 17.6. The molecule has 2 aromatic rings. The van der Waals surface area contributed by atoms with Crippen LogP contribution in [-0.2, 0) is 11.3 Å². The number of urea groups is 1. The first kappa shape index (κ1) is 29.6. The van der Waals surface area contributed by atoms with Gasteiger partial charge in [0.1, 0.15) is 5.82 Å². The van der Waals surface area contributed by atoms with Crippen molar-refractivity contribution in [3.05, 3.63) is 52.6 Å². The summed E-state index contributed by atoms with van der Waals surface area (Å²) in [5, 5.41) is 6.27. The molecule has 1 aliphatic heterocycles. The zero-order chi connectivity index (χ0) is 26.6. The molecule has 12 heteroatoms. The molecule has 4 rings (SSSR count). The molecule has 3 amide bonds. The molecule has 208 valence electrons. The highest BCUT2D eigenvalue weighted by atomic mass is 35.5. The lowest BCUT2D eigenvalue weighted by Crippen LogP contribution is -2.58. The quantitative estimate of drug-likeness (QED) is 0.427. The summed E-state index contributed by atoms with van der Waals surface area (Å²) in [5.74, 6) is 0.0393. The van der Waals surface area contributed by atoms with Gasteiger partial charge in [-0.05, 0) is 63.3 Å². The Labute approximate surface area is 229 Å². The molecule has 2 heterocycles. The van der Waals surface area contributed by atoms with Gasteiger partial charge in [-0.2, -0.15) is 4.98 Å². The van der Waals surface area contributed by atoms with Crippen LogP contribution in [0.15, 0.2) is 41.3 Å². The largest absolute Gasteiger partial charge is 0.354 e. The van der Waals surface area contributed by atoms with Crippen LogP contribution in [0.5, 0.6) is 0 Å². The van der Waals surface area contributed by atoms with Crippen LogP contribution < -0.4 is 27.8 Å². The van der Waals surface area contributed by atoms with Crippen LogP contribution in [0.3, 0.4) is 0 Å². The maximum Gasteiger partial charge on any atom is 0.354 e. The monoisotopic (exact) mass is 546 g/mol. The molecule has 1 aromatic heterocycles. The van der Waals surface area contributed by atoms with Crippen molar-refractivity contribution in [2.24, 2.45) is 11.5 Å². The zero-order valence-corrected chi connectivity index (χ0v) is 22.9. The van der Waals surface area contributed by atoms with Gasteiger partial charge in [-0.15, -0.1) is 12.4 Å². The fourth-order valence-electron chi connectivity index (χ4n) is 4.74. The molecule has 0 bridgehead atoms. The number of halogens is 1. The Kier molecular flexibility index (Phi) is 9.88. The van der Waals surface area contributed by atoms with E-state index in [2.05, 4.69) is 15.6 Å². The van der Waals surface area contributed by atoms with Crippen molar-refractivity contribution in [3.63, 3.8) is 0 Å². The minimum absolute atomic E-state index is 0. The predicted molar refractivity (Wildman–Crippen MR) is 150 cm³/mol. The van der Waals surface area contributed by atoms with Crippen molar-refractivity contribution in [1.29, 1.82) is 0 Å². The number of piperazine rings is 1. The lowest BCUT2D eigenvalue weighted by molar-refractivity contribution is -0.137. The maximum absolute atomic E-state index is 12.7. The van der Waals surface area contributed by atoms with Gasteiger partial charge in [0.15, 0.2) is 0 Å². The summed E-state index contributed by atoms with van der Waals surface area (Å²) in [6.07, 6.45) is 5.93. The summed E-state index contributed by atoms with van der Waals surface area (Å²) < 4.78 is 1.44.